The Hall–Kier alpha value is -1.16. The summed E-state index contributed by atoms with van der Waals surface area (Å²) in [6, 6.07) is 16.9. The molecule has 1 aliphatic rings. The van der Waals surface area contributed by atoms with Gasteiger partial charge in [-0.25, -0.2) is 0 Å². The molecular formula is C23H28Cl2FeN3. The van der Waals surface area contributed by atoms with Crippen LogP contribution in [0.5, 0.6) is 0 Å². The van der Waals surface area contributed by atoms with Crippen molar-refractivity contribution in [1.82, 2.24) is 0 Å². The number of para-hydroxylation sites is 2. The normalized spacial score (nSPS) is 20.1. The number of halogens is 2. The van der Waals surface area contributed by atoms with Gasteiger partial charge < -0.3 is 5.32 Å². The average molecular weight is 473 g/mol. The Labute approximate surface area is 189 Å². The van der Waals surface area contributed by atoms with Gasteiger partial charge in [0, 0.05) is 0 Å². The topological polar surface area (TPSA) is 38.8 Å². The first-order valence-electron chi connectivity index (χ1n) is 9.73. The van der Waals surface area contributed by atoms with Gasteiger partial charge in [0.15, 0.2) is 0 Å². The van der Waals surface area contributed by atoms with E-state index in [0.717, 1.165) is 35.6 Å². The van der Waals surface area contributed by atoms with E-state index in [1.807, 2.05) is 12.1 Å². The number of piperidine rings is 1. The minimum absolute atomic E-state index is 0.190. The summed E-state index contributed by atoms with van der Waals surface area (Å²) in [7, 11) is 9.53. The molecule has 0 amide bonds. The molecule has 1 saturated heterocycles. The van der Waals surface area contributed by atoms with Crippen molar-refractivity contribution in [2.45, 2.75) is 59.0 Å². The van der Waals surface area contributed by atoms with Gasteiger partial charge in [-0.3, -0.25) is 9.98 Å². The average Bonchev–Trinajstić information content (AvgIpc) is 2.72. The SMILES string of the molecule is CC(=Nc1ccccc1C)C1CCCC(C(C)=Nc2ccccc2C)[N-]1.[Cl][Fe+][Cl]. The van der Waals surface area contributed by atoms with E-state index in [1.165, 1.54) is 17.5 Å². The summed E-state index contributed by atoms with van der Waals surface area (Å²) in [5, 5.41) is 5.07. The fourth-order valence-corrected chi connectivity index (χ4v) is 3.41. The van der Waals surface area contributed by atoms with E-state index in [1.54, 1.807) is 0 Å². The van der Waals surface area contributed by atoms with E-state index in [-0.39, 0.29) is 25.2 Å². The molecule has 2 atom stereocenters. The zero-order valence-corrected chi connectivity index (χ0v) is 20.0. The summed E-state index contributed by atoms with van der Waals surface area (Å²) >= 11 is 0.194. The Bertz CT molecular complexity index is 784. The quantitative estimate of drug-likeness (QED) is 0.320. The molecule has 1 aliphatic heterocycles. The van der Waals surface area contributed by atoms with Crippen LogP contribution in [-0.4, -0.2) is 23.5 Å². The molecule has 2 aromatic rings. The van der Waals surface area contributed by atoms with Gasteiger partial charge in [0.2, 0.25) is 0 Å². The van der Waals surface area contributed by atoms with Crippen LogP contribution in [0.4, 0.5) is 11.4 Å². The third-order valence-electron chi connectivity index (χ3n) is 5.10. The molecule has 0 N–H and O–H groups in total. The van der Waals surface area contributed by atoms with E-state index in [0.29, 0.717) is 0 Å². The van der Waals surface area contributed by atoms with Crippen molar-refractivity contribution < 1.29 is 13.1 Å². The van der Waals surface area contributed by atoms with Crippen molar-refractivity contribution in [2.24, 2.45) is 9.98 Å². The molecule has 0 saturated carbocycles. The number of aryl methyl sites for hydroxylation is 2. The molecule has 3 nitrogen and oxygen atoms in total. The Kier molecular flexibility index (Phi) is 10.4. The first-order chi connectivity index (χ1) is 14.0. The Balaban J connectivity index is 0.000000941. The monoisotopic (exact) mass is 472 g/mol. The van der Waals surface area contributed by atoms with Crippen molar-refractivity contribution in [3.8, 4) is 0 Å². The van der Waals surface area contributed by atoms with Crippen molar-refractivity contribution >= 4 is 43.0 Å². The number of nitrogens with zero attached hydrogens (tertiary/aromatic N) is 3. The van der Waals surface area contributed by atoms with E-state index in [4.69, 9.17) is 35.5 Å². The summed E-state index contributed by atoms with van der Waals surface area (Å²) in [5.74, 6) is 0. The first kappa shape index (κ1) is 24.1. The van der Waals surface area contributed by atoms with E-state index >= 15 is 0 Å². The fourth-order valence-electron chi connectivity index (χ4n) is 3.41. The molecule has 29 heavy (non-hydrogen) atoms. The van der Waals surface area contributed by atoms with E-state index < -0.39 is 0 Å². The van der Waals surface area contributed by atoms with Gasteiger partial charge in [-0.05, 0) is 62.4 Å². The zero-order valence-electron chi connectivity index (χ0n) is 17.3. The Morgan fingerprint density at radius 2 is 1.21 bits per heavy atom. The molecule has 2 unspecified atom stereocenters. The summed E-state index contributed by atoms with van der Waals surface area (Å²) in [5.41, 5.74) is 6.72. The van der Waals surface area contributed by atoms with Gasteiger partial charge in [-0.1, -0.05) is 67.7 Å². The van der Waals surface area contributed by atoms with Crippen LogP contribution in [0.25, 0.3) is 5.32 Å². The van der Waals surface area contributed by atoms with Gasteiger partial charge in [0.05, 0.1) is 11.4 Å². The summed E-state index contributed by atoms with van der Waals surface area (Å²) in [6.07, 6.45) is 3.32. The number of benzene rings is 2. The van der Waals surface area contributed by atoms with Crippen LogP contribution in [0.3, 0.4) is 0 Å². The van der Waals surface area contributed by atoms with Crippen LogP contribution in [0, 0.1) is 13.8 Å². The molecule has 0 spiro atoms. The Morgan fingerprint density at radius 3 is 1.59 bits per heavy atom. The van der Waals surface area contributed by atoms with Crippen LogP contribution < -0.4 is 0 Å². The molecular weight excluding hydrogens is 445 g/mol. The van der Waals surface area contributed by atoms with Crippen LogP contribution in [0.2, 0.25) is 0 Å². The molecule has 0 radical (unpaired) electrons. The van der Waals surface area contributed by atoms with Crippen LogP contribution in [0.1, 0.15) is 44.2 Å². The third-order valence-corrected chi connectivity index (χ3v) is 5.10. The maximum absolute atomic E-state index is 5.07. The molecule has 0 aliphatic carbocycles. The molecule has 0 aromatic heterocycles. The Morgan fingerprint density at radius 1 is 0.828 bits per heavy atom. The van der Waals surface area contributed by atoms with Crippen molar-refractivity contribution in [3.63, 3.8) is 0 Å². The van der Waals surface area contributed by atoms with Crippen molar-refractivity contribution in [3.05, 3.63) is 65.0 Å². The van der Waals surface area contributed by atoms with Gasteiger partial charge in [0.1, 0.15) is 0 Å². The second kappa shape index (κ2) is 12.5. The minimum atomic E-state index is 0.190. The molecule has 2 aromatic carbocycles. The van der Waals surface area contributed by atoms with Gasteiger partial charge in [-0.2, -0.15) is 0 Å². The van der Waals surface area contributed by atoms with Gasteiger partial charge in [0.25, 0.3) is 0 Å². The standard InChI is InChI=1S/C23H28N3.2ClH.Fe/c1-16-10-5-7-12-20(16)24-18(3)22-14-9-15-23(26-22)19(4)25-21-13-8-6-11-17(21)2;;;/h5-8,10-13,22-23H,9,14-15H2,1-4H3;2*1H;/q-1;;;+3/p-2. The molecule has 3 rings (SSSR count). The predicted octanol–water partition coefficient (Wildman–Crippen LogP) is 7.86. The van der Waals surface area contributed by atoms with Gasteiger partial charge >= 0.3 is 33.3 Å². The van der Waals surface area contributed by atoms with Crippen LogP contribution in [0.15, 0.2) is 58.5 Å². The number of hydrogen-bond donors (Lipinski definition) is 0. The van der Waals surface area contributed by atoms with Crippen molar-refractivity contribution in [2.75, 3.05) is 0 Å². The van der Waals surface area contributed by atoms with Crippen LogP contribution in [-0.2, 0) is 13.1 Å². The van der Waals surface area contributed by atoms with Crippen molar-refractivity contribution in [1.29, 1.82) is 0 Å². The summed E-state index contributed by atoms with van der Waals surface area (Å²) in [6.45, 7) is 8.42. The number of hydrogen-bond acceptors (Lipinski definition) is 2. The van der Waals surface area contributed by atoms with Gasteiger partial charge in [-0.15, -0.1) is 0 Å². The predicted molar refractivity (Wildman–Crippen MR) is 124 cm³/mol. The van der Waals surface area contributed by atoms with Crippen LogP contribution >= 0.6 is 20.2 Å². The second-order valence-electron chi connectivity index (χ2n) is 7.24. The summed E-state index contributed by atoms with van der Waals surface area (Å²) in [4.78, 5) is 9.71. The second-order valence-corrected chi connectivity index (χ2v) is 9.07. The fraction of sp³-hybridized carbons (Fsp3) is 0.391. The molecule has 157 valence electrons. The third kappa shape index (κ3) is 7.55. The van der Waals surface area contributed by atoms with E-state index in [2.05, 4.69) is 64.1 Å². The molecule has 0 bridgehead atoms. The molecule has 1 heterocycles. The maximum atomic E-state index is 5.07. The summed E-state index contributed by atoms with van der Waals surface area (Å²) < 4.78 is 0. The number of rotatable bonds is 4. The van der Waals surface area contributed by atoms with E-state index in [9.17, 15) is 0 Å². The number of aliphatic imine (C=N–C) groups is 2. The molecule has 1 fully saturated rings. The molecule has 6 heteroatoms. The zero-order chi connectivity index (χ0) is 21.2. The first-order valence-corrected chi connectivity index (χ1v) is 12.8.